The summed E-state index contributed by atoms with van der Waals surface area (Å²) in [6.07, 6.45) is 5.24. The predicted octanol–water partition coefficient (Wildman–Crippen LogP) is 5.28. The average molecular weight is 500 g/mol. The molecule has 1 N–H and O–H groups in total. The lowest BCUT2D eigenvalue weighted by Gasteiger charge is -2.34. The number of likely N-dealkylation sites (tertiary alicyclic amines) is 1. The van der Waals surface area contributed by atoms with E-state index in [1.165, 1.54) is 0 Å². The van der Waals surface area contributed by atoms with Gasteiger partial charge >= 0.3 is 6.09 Å². The van der Waals surface area contributed by atoms with Crippen LogP contribution in [0.4, 0.5) is 10.6 Å². The smallest absolute Gasteiger partial charge is 0.410 e. The summed E-state index contributed by atoms with van der Waals surface area (Å²) in [5.74, 6) is 1.30. The van der Waals surface area contributed by atoms with E-state index in [2.05, 4.69) is 15.4 Å². The molecule has 4 aromatic rings. The first-order chi connectivity index (χ1) is 17.6. The van der Waals surface area contributed by atoms with Gasteiger partial charge in [-0.15, -0.1) is 0 Å². The van der Waals surface area contributed by atoms with E-state index in [9.17, 15) is 4.79 Å². The standard InChI is InChI=1S/C28H33N7O2/c1-18-13-20(14-19(2)30-18)23-15-25(31-21-9-8-11-34(17-21)27(36)37-28(3,4)5)33-26(32-23)22-16-29-35-12-7-6-10-24(22)35/h6-7,10,12-16,21H,8-9,11,17H2,1-5H3,(H,31,32,33)/t21-/m1/s1. The van der Waals surface area contributed by atoms with Crippen LogP contribution >= 0.6 is 0 Å². The summed E-state index contributed by atoms with van der Waals surface area (Å²) < 4.78 is 7.42. The van der Waals surface area contributed by atoms with Crippen LogP contribution in [0.1, 0.15) is 45.0 Å². The molecule has 192 valence electrons. The second kappa shape index (κ2) is 9.80. The number of aryl methyl sites for hydroxylation is 2. The number of hydrogen-bond acceptors (Lipinski definition) is 7. The minimum absolute atomic E-state index is 0.0432. The normalized spacial score (nSPS) is 16.1. The summed E-state index contributed by atoms with van der Waals surface area (Å²) >= 11 is 0. The molecule has 4 aromatic heterocycles. The molecule has 1 aliphatic rings. The number of anilines is 1. The Morgan fingerprint density at radius 1 is 1.08 bits per heavy atom. The van der Waals surface area contributed by atoms with Gasteiger partial charge in [-0.1, -0.05) is 6.07 Å². The number of carbonyl (C=O) groups excluding carboxylic acids is 1. The van der Waals surface area contributed by atoms with Gasteiger partial charge in [0.1, 0.15) is 11.4 Å². The summed E-state index contributed by atoms with van der Waals surface area (Å²) in [6, 6.07) is 12.0. The van der Waals surface area contributed by atoms with Crippen molar-refractivity contribution in [1.29, 1.82) is 0 Å². The molecule has 1 fully saturated rings. The highest BCUT2D eigenvalue weighted by atomic mass is 16.6. The van der Waals surface area contributed by atoms with E-state index in [4.69, 9.17) is 14.7 Å². The van der Waals surface area contributed by atoms with Gasteiger partial charge in [-0.05, 0) is 71.7 Å². The minimum atomic E-state index is -0.525. The summed E-state index contributed by atoms with van der Waals surface area (Å²) in [6.45, 7) is 10.9. The molecule has 0 radical (unpaired) electrons. The molecule has 1 amide bonds. The number of nitrogens with zero attached hydrogens (tertiary/aromatic N) is 6. The van der Waals surface area contributed by atoms with Crippen molar-refractivity contribution in [2.24, 2.45) is 0 Å². The number of hydrogen-bond donors (Lipinski definition) is 1. The Kier molecular flexibility index (Phi) is 6.54. The van der Waals surface area contributed by atoms with Crippen LogP contribution in [0, 0.1) is 13.8 Å². The van der Waals surface area contributed by atoms with Gasteiger partial charge in [0.15, 0.2) is 5.82 Å². The monoisotopic (exact) mass is 499 g/mol. The van der Waals surface area contributed by atoms with Crippen molar-refractivity contribution in [2.75, 3.05) is 18.4 Å². The molecule has 5 rings (SSSR count). The zero-order chi connectivity index (χ0) is 26.2. The molecular weight excluding hydrogens is 466 g/mol. The zero-order valence-electron chi connectivity index (χ0n) is 22.0. The van der Waals surface area contributed by atoms with Gasteiger partial charge in [-0.25, -0.2) is 19.3 Å². The highest BCUT2D eigenvalue weighted by Crippen LogP contribution is 2.28. The first kappa shape index (κ1) is 24.7. The van der Waals surface area contributed by atoms with E-state index < -0.39 is 5.60 Å². The van der Waals surface area contributed by atoms with Crippen LogP contribution < -0.4 is 5.32 Å². The van der Waals surface area contributed by atoms with Gasteiger partial charge in [-0.2, -0.15) is 5.10 Å². The molecule has 1 saturated heterocycles. The number of aromatic nitrogens is 5. The Morgan fingerprint density at radius 3 is 2.62 bits per heavy atom. The van der Waals surface area contributed by atoms with Crippen LogP contribution in [0.15, 0.2) is 48.8 Å². The number of pyridine rings is 2. The van der Waals surface area contributed by atoms with E-state index >= 15 is 0 Å². The van der Waals surface area contributed by atoms with Crippen molar-refractivity contribution in [3.05, 3.63) is 60.2 Å². The van der Waals surface area contributed by atoms with Crippen LogP contribution in [0.5, 0.6) is 0 Å². The maximum Gasteiger partial charge on any atom is 0.410 e. The Labute approximate surface area is 216 Å². The van der Waals surface area contributed by atoms with Gasteiger partial charge in [0.05, 0.1) is 23.0 Å². The zero-order valence-corrected chi connectivity index (χ0v) is 22.0. The number of nitrogens with one attached hydrogen (secondary N) is 1. The van der Waals surface area contributed by atoms with Crippen molar-refractivity contribution in [3.63, 3.8) is 0 Å². The third-order valence-corrected chi connectivity index (χ3v) is 6.20. The van der Waals surface area contributed by atoms with E-state index in [1.54, 1.807) is 11.1 Å². The highest BCUT2D eigenvalue weighted by Gasteiger charge is 2.28. The number of ether oxygens (including phenoxy) is 1. The van der Waals surface area contributed by atoms with Gasteiger partial charge < -0.3 is 15.0 Å². The van der Waals surface area contributed by atoms with E-state index in [1.807, 2.05) is 81.7 Å². The maximum absolute atomic E-state index is 12.7. The van der Waals surface area contributed by atoms with Crippen LogP contribution in [0.25, 0.3) is 28.2 Å². The topological polar surface area (TPSA) is 97.5 Å². The third kappa shape index (κ3) is 5.71. The maximum atomic E-state index is 12.7. The van der Waals surface area contributed by atoms with Crippen molar-refractivity contribution in [3.8, 4) is 22.6 Å². The number of rotatable bonds is 4. The molecule has 0 saturated carbocycles. The van der Waals surface area contributed by atoms with Crippen molar-refractivity contribution in [2.45, 2.75) is 59.1 Å². The molecule has 37 heavy (non-hydrogen) atoms. The molecule has 0 spiro atoms. The van der Waals surface area contributed by atoms with Gasteiger partial charge in [0, 0.05) is 48.3 Å². The summed E-state index contributed by atoms with van der Waals surface area (Å²) in [5, 5.41) is 8.05. The molecule has 1 atom stereocenters. The van der Waals surface area contributed by atoms with Crippen LogP contribution in [0.2, 0.25) is 0 Å². The molecule has 5 heterocycles. The molecule has 1 aliphatic heterocycles. The second-order valence-electron chi connectivity index (χ2n) is 10.6. The molecule has 0 aliphatic carbocycles. The van der Waals surface area contributed by atoms with E-state index in [0.717, 1.165) is 46.6 Å². The Balaban J connectivity index is 1.49. The highest BCUT2D eigenvalue weighted by molar-refractivity contribution is 5.78. The summed E-state index contributed by atoms with van der Waals surface area (Å²) in [7, 11) is 0. The molecule has 9 nitrogen and oxygen atoms in total. The molecule has 0 bridgehead atoms. The lowest BCUT2D eigenvalue weighted by molar-refractivity contribution is 0.0206. The number of amides is 1. The quantitative estimate of drug-likeness (QED) is 0.408. The van der Waals surface area contributed by atoms with Crippen molar-refractivity contribution >= 4 is 17.4 Å². The predicted molar refractivity (Wildman–Crippen MR) is 143 cm³/mol. The van der Waals surface area contributed by atoms with Gasteiger partial charge in [0.2, 0.25) is 0 Å². The van der Waals surface area contributed by atoms with E-state index in [-0.39, 0.29) is 12.1 Å². The Hall–Kier alpha value is -4.01. The van der Waals surface area contributed by atoms with E-state index in [0.29, 0.717) is 24.7 Å². The SMILES string of the molecule is Cc1cc(-c2cc(N[C@@H]3CCCN(C(=O)OC(C)(C)C)C3)nc(-c3cnn4ccccc34)n2)cc(C)n1. The summed E-state index contributed by atoms with van der Waals surface area (Å²) in [4.78, 5) is 28.8. The molecular formula is C28H33N7O2. The fourth-order valence-electron chi connectivity index (χ4n) is 4.68. The average Bonchev–Trinajstić information content (AvgIpc) is 3.27. The van der Waals surface area contributed by atoms with Gasteiger partial charge in [0.25, 0.3) is 0 Å². The van der Waals surface area contributed by atoms with Crippen molar-refractivity contribution < 1.29 is 9.53 Å². The Bertz CT molecular complexity index is 1420. The molecule has 0 unspecified atom stereocenters. The Morgan fingerprint density at radius 2 is 1.86 bits per heavy atom. The van der Waals surface area contributed by atoms with Crippen LogP contribution in [-0.4, -0.2) is 60.3 Å². The largest absolute Gasteiger partial charge is 0.444 e. The minimum Gasteiger partial charge on any atom is -0.444 e. The molecule has 0 aromatic carbocycles. The van der Waals surface area contributed by atoms with Crippen LogP contribution in [-0.2, 0) is 4.74 Å². The van der Waals surface area contributed by atoms with Crippen molar-refractivity contribution in [1.82, 2.24) is 29.5 Å². The summed E-state index contributed by atoms with van der Waals surface area (Å²) in [5.41, 5.74) is 4.90. The fraction of sp³-hybridized carbons (Fsp3) is 0.393. The number of fused-ring (bicyclic) bond motifs is 1. The van der Waals surface area contributed by atoms with Gasteiger partial charge in [-0.3, -0.25) is 4.98 Å². The lowest BCUT2D eigenvalue weighted by Crippen LogP contribution is -2.47. The number of piperidine rings is 1. The molecule has 9 heteroatoms. The fourth-order valence-corrected chi connectivity index (χ4v) is 4.68. The van der Waals surface area contributed by atoms with Crippen LogP contribution in [0.3, 0.4) is 0 Å². The third-order valence-electron chi connectivity index (χ3n) is 6.20. The first-order valence-corrected chi connectivity index (χ1v) is 12.7. The lowest BCUT2D eigenvalue weighted by atomic mass is 10.1. The second-order valence-corrected chi connectivity index (χ2v) is 10.6. The number of carbonyl (C=O) groups is 1. The first-order valence-electron chi connectivity index (χ1n) is 12.7.